The summed E-state index contributed by atoms with van der Waals surface area (Å²) in [6.07, 6.45) is 0. The Kier molecular flexibility index (Phi) is 5.96. The number of hydrogen-bond donors (Lipinski definition) is 2. The molecule has 0 atom stereocenters. The van der Waals surface area contributed by atoms with E-state index in [9.17, 15) is 18.0 Å². The van der Waals surface area contributed by atoms with E-state index < -0.39 is 21.8 Å². The third kappa shape index (κ3) is 4.17. The van der Waals surface area contributed by atoms with Crippen LogP contribution in [0.4, 0.5) is 17.3 Å². The second-order valence-electron chi connectivity index (χ2n) is 7.90. The van der Waals surface area contributed by atoms with E-state index >= 15 is 0 Å². The number of aryl methyl sites for hydroxylation is 3. The average Bonchev–Trinajstić information content (AvgIpc) is 3.21. The van der Waals surface area contributed by atoms with Crippen LogP contribution in [0.25, 0.3) is 0 Å². The van der Waals surface area contributed by atoms with E-state index in [4.69, 9.17) is 16.1 Å². The summed E-state index contributed by atoms with van der Waals surface area (Å²) in [7, 11) is -3.93. The highest BCUT2D eigenvalue weighted by Crippen LogP contribution is 2.32. The predicted molar refractivity (Wildman–Crippen MR) is 128 cm³/mol. The molecule has 0 saturated carbocycles. The summed E-state index contributed by atoms with van der Waals surface area (Å²) in [5.41, 5.74) is 3.54. The second-order valence-corrected chi connectivity index (χ2v) is 9.96. The van der Waals surface area contributed by atoms with Gasteiger partial charge in [0.2, 0.25) is 5.88 Å². The van der Waals surface area contributed by atoms with Crippen molar-refractivity contribution in [2.75, 3.05) is 14.9 Å². The lowest BCUT2D eigenvalue weighted by Gasteiger charge is -2.18. The summed E-state index contributed by atoms with van der Waals surface area (Å²) >= 11 is 6.20. The van der Waals surface area contributed by atoms with Crippen LogP contribution in [0.3, 0.4) is 0 Å². The molecule has 0 spiro atoms. The van der Waals surface area contributed by atoms with Gasteiger partial charge in [-0.2, -0.15) is 0 Å². The molecule has 1 aromatic heterocycles. The van der Waals surface area contributed by atoms with E-state index in [0.717, 1.165) is 16.0 Å². The number of sulfonamides is 1. The topological polar surface area (TPSA) is 122 Å². The van der Waals surface area contributed by atoms with Crippen LogP contribution in [0.15, 0.2) is 62.6 Å². The highest BCUT2D eigenvalue weighted by molar-refractivity contribution is 7.92. The van der Waals surface area contributed by atoms with Gasteiger partial charge in [-0.3, -0.25) is 9.59 Å². The van der Waals surface area contributed by atoms with Crippen LogP contribution in [0.1, 0.15) is 22.4 Å². The number of imide groups is 1. The molecule has 2 amide bonds. The van der Waals surface area contributed by atoms with Gasteiger partial charge in [-0.25, -0.2) is 18.0 Å². The summed E-state index contributed by atoms with van der Waals surface area (Å²) in [4.78, 5) is 26.8. The van der Waals surface area contributed by atoms with Gasteiger partial charge in [-0.15, -0.1) is 0 Å². The molecule has 0 unspecified atom stereocenters. The molecule has 0 fully saturated rings. The zero-order valence-electron chi connectivity index (χ0n) is 18.8. The zero-order chi connectivity index (χ0) is 24.8. The third-order valence-corrected chi connectivity index (χ3v) is 7.15. The monoisotopic (exact) mass is 500 g/mol. The summed E-state index contributed by atoms with van der Waals surface area (Å²) in [6, 6.07) is 11.1. The standard InChI is InChI=1S/C23H21ClN4O5S/c1-12-5-6-13(2)18(11-12)28-22(29)19(24)20(23(28)30)25-16-7-9-17(10-8-16)34(31,32)27-21-14(3)15(4)26-33-21/h5-11,25,27H,1-4H3. The number of amides is 2. The molecule has 4 rings (SSSR count). The zero-order valence-corrected chi connectivity index (χ0v) is 20.3. The highest BCUT2D eigenvalue weighted by Gasteiger charge is 2.39. The van der Waals surface area contributed by atoms with Crippen LogP contribution in [0.2, 0.25) is 0 Å². The van der Waals surface area contributed by atoms with Crippen LogP contribution in [0.5, 0.6) is 0 Å². The molecule has 0 aliphatic carbocycles. The van der Waals surface area contributed by atoms with E-state index in [-0.39, 0.29) is 21.5 Å². The molecule has 0 saturated heterocycles. The first kappa shape index (κ1) is 23.5. The minimum atomic E-state index is -3.93. The van der Waals surface area contributed by atoms with Gasteiger partial charge in [-0.05, 0) is 69.2 Å². The first-order valence-corrected chi connectivity index (χ1v) is 12.0. The fourth-order valence-electron chi connectivity index (χ4n) is 3.34. The number of nitrogens with one attached hydrogen (secondary N) is 2. The molecular weight excluding hydrogens is 480 g/mol. The van der Waals surface area contributed by atoms with E-state index in [1.807, 2.05) is 19.1 Å². The van der Waals surface area contributed by atoms with Gasteiger partial charge in [0.25, 0.3) is 21.8 Å². The van der Waals surface area contributed by atoms with Crippen molar-refractivity contribution in [3.8, 4) is 0 Å². The lowest BCUT2D eigenvalue weighted by atomic mass is 10.1. The maximum Gasteiger partial charge on any atom is 0.283 e. The van der Waals surface area contributed by atoms with Crippen molar-refractivity contribution in [3.05, 3.63) is 75.6 Å². The maximum atomic E-state index is 13.0. The summed E-state index contributed by atoms with van der Waals surface area (Å²) in [6.45, 7) is 7.05. The maximum absolute atomic E-state index is 13.0. The Hall–Kier alpha value is -3.63. The van der Waals surface area contributed by atoms with Gasteiger partial charge in [0, 0.05) is 11.3 Å². The summed E-state index contributed by atoms with van der Waals surface area (Å²) in [5.74, 6) is -1.19. The summed E-state index contributed by atoms with van der Waals surface area (Å²) in [5, 5.41) is 6.32. The Morgan fingerprint density at radius 1 is 0.971 bits per heavy atom. The Morgan fingerprint density at radius 3 is 2.26 bits per heavy atom. The van der Waals surface area contributed by atoms with Gasteiger partial charge in [-0.1, -0.05) is 28.9 Å². The fourth-order valence-corrected chi connectivity index (χ4v) is 4.60. The van der Waals surface area contributed by atoms with Crippen LogP contribution in [0, 0.1) is 27.7 Å². The number of nitrogens with zero attached hydrogens (tertiary/aromatic N) is 2. The first-order valence-electron chi connectivity index (χ1n) is 10.2. The van der Waals surface area contributed by atoms with Crippen molar-refractivity contribution in [2.45, 2.75) is 32.6 Å². The van der Waals surface area contributed by atoms with Crippen molar-refractivity contribution >= 4 is 50.7 Å². The Morgan fingerprint density at radius 2 is 1.65 bits per heavy atom. The van der Waals surface area contributed by atoms with E-state index in [1.165, 1.54) is 24.3 Å². The first-order chi connectivity index (χ1) is 16.0. The molecule has 2 N–H and O–H groups in total. The van der Waals surface area contributed by atoms with Gasteiger partial charge < -0.3 is 9.84 Å². The largest absolute Gasteiger partial charge is 0.350 e. The molecule has 2 heterocycles. The lowest BCUT2D eigenvalue weighted by molar-refractivity contribution is -0.120. The number of hydrogen-bond acceptors (Lipinski definition) is 7. The van der Waals surface area contributed by atoms with Gasteiger partial charge in [0.15, 0.2) is 0 Å². The molecule has 2 aromatic carbocycles. The number of carbonyl (C=O) groups excluding carboxylic acids is 2. The SMILES string of the molecule is Cc1ccc(C)c(N2C(=O)C(Cl)=C(Nc3ccc(S(=O)(=O)Nc4onc(C)c4C)cc3)C2=O)c1. The Balaban J connectivity index is 1.55. The fraction of sp³-hybridized carbons (Fsp3) is 0.174. The third-order valence-electron chi connectivity index (χ3n) is 5.45. The molecule has 0 radical (unpaired) electrons. The molecular formula is C23H21ClN4O5S. The molecule has 11 heteroatoms. The number of anilines is 3. The van der Waals surface area contributed by atoms with Crippen LogP contribution >= 0.6 is 11.6 Å². The van der Waals surface area contributed by atoms with E-state index in [1.54, 1.807) is 26.8 Å². The van der Waals surface area contributed by atoms with Crippen molar-refractivity contribution in [2.24, 2.45) is 0 Å². The molecule has 0 bridgehead atoms. The predicted octanol–water partition coefficient (Wildman–Crippen LogP) is 4.14. The molecule has 9 nitrogen and oxygen atoms in total. The van der Waals surface area contributed by atoms with Gasteiger partial charge >= 0.3 is 0 Å². The second kappa shape index (κ2) is 8.62. The minimum absolute atomic E-state index is 0.0302. The Labute approximate surface area is 201 Å². The minimum Gasteiger partial charge on any atom is -0.350 e. The number of halogens is 1. The van der Waals surface area contributed by atoms with Crippen molar-refractivity contribution in [3.63, 3.8) is 0 Å². The van der Waals surface area contributed by atoms with Crippen molar-refractivity contribution in [1.82, 2.24) is 5.16 Å². The van der Waals surface area contributed by atoms with Gasteiger partial charge in [0.05, 0.1) is 16.3 Å². The highest BCUT2D eigenvalue weighted by atomic mass is 35.5. The Bertz CT molecular complexity index is 1460. The van der Waals surface area contributed by atoms with Crippen LogP contribution in [-0.2, 0) is 19.6 Å². The summed E-state index contributed by atoms with van der Waals surface area (Å²) < 4.78 is 32.7. The molecule has 1 aliphatic rings. The molecule has 176 valence electrons. The number of carbonyl (C=O) groups is 2. The van der Waals surface area contributed by atoms with Crippen LogP contribution in [-0.4, -0.2) is 25.4 Å². The van der Waals surface area contributed by atoms with E-state index in [0.29, 0.717) is 22.6 Å². The van der Waals surface area contributed by atoms with Crippen LogP contribution < -0.4 is 14.9 Å². The van der Waals surface area contributed by atoms with Gasteiger partial charge in [0.1, 0.15) is 10.7 Å². The van der Waals surface area contributed by atoms with Crippen molar-refractivity contribution in [1.29, 1.82) is 0 Å². The smallest absolute Gasteiger partial charge is 0.283 e. The van der Waals surface area contributed by atoms with E-state index in [2.05, 4.69) is 15.2 Å². The molecule has 34 heavy (non-hydrogen) atoms. The quantitative estimate of drug-likeness (QED) is 0.487. The number of benzene rings is 2. The number of aromatic nitrogens is 1. The molecule has 3 aromatic rings. The molecule has 1 aliphatic heterocycles. The number of rotatable bonds is 6. The average molecular weight is 501 g/mol. The van der Waals surface area contributed by atoms with Crippen molar-refractivity contribution < 1.29 is 22.5 Å². The normalized spacial score (nSPS) is 14.2. The lowest BCUT2D eigenvalue weighted by Crippen LogP contribution is -2.32.